The summed E-state index contributed by atoms with van der Waals surface area (Å²) in [5.74, 6) is 5.38. The van der Waals surface area contributed by atoms with Gasteiger partial charge in [0.2, 0.25) is 0 Å². The molecule has 2 aromatic carbocycles. The van der Waals surface area contributed by atoms with Crippen molar-refractivity contribution in [3.63, 3.8) is 0 Å². The van der Waals surface area contributed by atoms with Crippen molar-refractivity contribution in [2.45, 2.75) is 78.1 Å². The van der Waals surface area contributed by atoms with Gasteiger partial charge in [-0.1, -0.05) is 65.2 Å². The van der Waals surface area contributed by atoms with Crippen LogP contribution in [0.2, 0.25) is 0 Å². The molecule has 0 aliphatic heterocycles. The fourth-order valence-electron chi connectivity index (χ4n) is 3.27. The van der Waals surface area contributed by atoms with Gasteiger partial charge in [-0.05, 0) is 61.4 Å². The first-order valence-corrected chi connectivity index (χ1v) is 12.7. The number of nitrogen functional groups attached to an aromatic ring is 1. The van der Waals surface area contributed by atoms with Gasteiger partial charge in [-0.2, -0.15) is 0 Å². The van der Waals surface area contributed by atoms with Gasteiger partial charge in [-0.15, -0.1) is 0 Å². The second-order valence-corrected chi connectivity index (χ2v) is 8.35. The molecule has 2 rings (SSSR count). The van der Waals surface area contributed by atoms with Crippen LogP contribution in [0.5, 0.6) is 11.5 Å². The SMILES string of the molecule is CCCCCCCOc1ccc(C(=O)NN)cc1.CCCCCCCOc1ccc(C(=O)O)cc1. The molecule has 0 radical (unpaired) electrons. The van der Waals surface area contributed by atoms with Crippen LogP contribution >= 0.6 is 0 Å². The molecular weight excluding hydrogens is 444 g/mol. The molecule has 1 amide bonds. The van der Waals surface area contributed by atoms with Crippen molar-refractivity contribution in [1.82, 2.24) is 5.43 Å². The zero-order valence-corrected chi connectivity index (χ0v) is 21.3. The number of unbranched alkanes of at least 4 members (excludes halogenated alkanes) is 8. The van der Waals surface area contributed by atoms with E-state index in [2.05, 4.69) is 19.3 Å². The lowest BCUT2D eigenvalue weighted by atomic mass is 10.2. The molecule has 0 saturated heterocycles. The normalized spacial score (nSPS) is 10.1. The number of nitrogens with one attached hydrogen (secondary N) is 1. The average molecular weight is 487 g/mol. The predicted molar refractivity (Wildman–Crippen MR) is 140 cm³/mol. The summed E-state index contributed by atoms with van der Waals surface area (Å²) in [5.41, 5.74) is 2.92. The molecule has 35 heavy (non-hydrogen) atoms. The minimum absolute atomic E-state index is 0.291. The summed E-state index contributed by atoms with van der Waals surface area (Å²) in [6.45, 7) is 5.83. The molecule has 7 nitrogen and oxygen atoms in total. The van der Waals surface area contributed by atoms with E-state index in [0.29, 0.717) is 17.7 Å². The van der Waals surface area contributed by atoms with Gasteiger partial charge in [0.1, 0.15) is 11.5 Å². The van der Waals surface area contributed by atoms with E-state index in [1.807, 2.05) is 0 Å². The summed E-state index contributed by atoms with van der Waals surface area (Å²) < 4.78 is 11.1. The lowest BCUT2D eigenvalue weighted by Crippen LogP contribution is -2.29. The number of hydrazine groups is 1. The monoisotopic (exact) mass is 486 g/mol. The van der Waals surface area contributed by atoms with Crippen molar-refractivity contribution in [3.05, 3.63) is 59.7 Å². The van der Waals surface area contributed by atoms with Crippen LogP contribution in [-0.2, 0) is 0 Å². The van der Waals surface area contributed by atoms with Crippen LogP contribution in [0, 0.1) is 0 Å². The number of benzene rings is 2. The molecule has 0 saturated carbocycles. The van der Waals surface area contributed by atoms with Crippen LogP contribution in [0.25, 0.3) is 0 Å². The number of hydrogen-bond donors (Lipinski definition) is 3. The zero-order valence-electron chi connectivity index (χ0n) is 21.3. The molecule has 0 bridgehead atoms. The van der Waals surface area contributed by atoms with Gasteiger partial charge >= 0.3 is 5.97 Å². The third-order valence-electron chi connectivity index (χ3n) is 5.38. The molecule has 0 aromatic heterocycles. The minimum atomic E-state index is -0.906. The van der Waals surface area contributed by atoms with Gasteiger partial charge in [0.05, 0.1) is 18.8 Å². The number of carboxylic acids is 1. The summed E-state index contributed by atoms with van der Waals surface area (Å²) in [5, 5.41) is 8.73. The summed E-state index contributed by atoms with van der Waals surface area (Å²) in [7, 11) is 0. The first-order chi connectivity index (χ1) is 17.0. The Morgan fingerprint density at radius 1 is 0.686 bits per heavy atom. The van der Waals surface area contributed by atoms with Crippen LogP contribution in [0.3, 0.4) is 0 Å². The molecular formula is C28H42N2O5. The van der Waals surface area contributed by atoms with Gasteiger partial charge < -0.3 is 14.6 Å². The highest BCUT2D eigenvalue weighted by Crippen LogP contribution is 2.14. The molecule has 0 spiro atoms. The van der Waals surface area contributed by atoms with Crippen LogP contribution in [-0.4, -0.2) is 30.2 Å². The fourth-order valence-corrected chi connectivity index (χ4v) is 3.27. The van der Waals surface area contributed by atoms with E-state index < -0.39 is 5.97 Å². The van der Waals surface area contributed by atoms with Crippen molar-refractivity contribution in [3.8, 4) is 11.5 Å². The summed E-state index contributed by atoms with van der Waals surface area (Å²) in [6, 6.07) is 13.5. The number of carbonyl (C=O) groups excluding carboxylic acids is 1. The van der Waals surface area contributed by atoms with Crippen LogP contribution in [0.15, 0.2) is 48.5 Å². The minimum Gasteiger partial charge on any atom is -0.494 e. The Morgan fingerprint density at radius 3 is 1.46 bits per heavy atom. The number of hydrogen-bond acceptors (Lipinski definition) is 5. The third-order valence-corrected chi connectivity index (χ3v) is 5.38. The Balaban J connectivity index is 0.000000351. The Kier molecular flexibility index (Phi) is 16.5. The van der Waals surface area contributed by atoms with Gasteiger partial charge in [0.15, 0.2) is 0 Å². The van der Waals surface area contributed by atoms with Gasteiger partial charge in [-0.3, -0.25) is 10.2 Å². The quantitative estimate of drug-likeness (QED) is 0.110. The Labute approximate surface area is 210 Å². The largest absolute Gasteiger partial charge is 0.494 e. The maximum Gasteiger partial charge on any atom is 0.335 e. The number of ether oxygens (including phenoxy) is 2. The Hall–Kier alpha value is -3.06. The van der Waals surface area contributed by atoms with Crippen LogP contribution < -0.4 is 20.7 Å². The number of carboxylic acid groups (broad SMARTS) is 1. The van der Waals surface area contributed by atoms with Gasteiger partial charge in [0, 0.05) is 5.56 Å². The van der Waals surface area contributed by atoms with E-state index in [0.717, 1.165) is 30.9 Å². The van der Waals surface area contributed by atoms with Crippen molar-refractivity contribution in [1.29, 1.82) is 0 Å². The summed E-state index contributed by atoms with van der Waals surface area (Å²) in [4.78, 5) is 21.8. The van der Waals surface area contributed by atoms with E-state index in [4.69, 9.17) is 20.4 Å². The van der Waals surface area contributed by atoms with E-state index in [1.165, 1.54) is 51.4 Å². The maximum atomic E-state index is 11.2. The highest BCUT2D eigenvalue weighted by molar-refractivity contribution is 5.93. The van der Waals surface area contributed by atoms with Gasteiger partial charge in [0.25, 0.3) is 5.91 Å². The third kappa shape index (κ3) is 14.1. The van der Waals surface area contributed by atoms with Crippen molar-refractivity contribution < 1.29 is 24.2 Å². The number of aromatic carboxylic acids is 1. The molecule has 0 aliphatic rings. The Bertz CT molecular complexity index is 822. The van der Waals surface area contributed by atoms with Crippen molar-refractivity contribution in [2.75, 3.05) is 13.2 Å². The highest BCUT2D eigenvalue weighted by atomic mass is 16.5. The van der Waals surface area contributed by atoms with E-state index in [-0.39, 0.29) is 5.91 Å². The van der Waals surface area contributed by atoms with E-state index in [1.54, 1.807) is 48.5 Å². The second-order valence-electron chi connectivity index (χ2n) is 8.35. The van der Waals surface area contributed by atoms with Crippen LogP contribution in [0.1, 0.15) is 98.8 Å². The molecule has 0 unspecified atom stereocenters. The molecule has 0 heterocycles. The number of rotatable bonds is 16. The summed E-state index contributed by atoms with van der Waals surface area (Å²) in [6.07, 6.45) is 12.2. The lowest BCUT2D eigenvalue weighted by Gasteiger charge is -2.06. The molecule has 4 N–H and O–H groups in total. The standard InChI is InChI=1S/C14H22N2O2.C14H20O3/c1-2-3-4-5-6-11-18-13-9-7-12(8-10-13)14(17)16-15;1-2-3-4-5-6-11-17-13-9-7-12(8-10-13)14(15)16/h7-10H,2-6,11,15H2,1H3,(H,16,17);7-10H,2-6,11H2,1H3,(H,15,16). The molecule has 194 valence electrons. The van der Waals surface area contributed by atoms with Crippen LogP contribution in [0.4, 0.5) is 0 Å². The molecule has 7 heteroatoms. The number of nitrogens with two attached hydrogens (primary N) is 1. The topological polar surface area (TPSA) is 111 Å². The lowest BCUT2D eigenvalue weighted by molar-refractivity contribution is 0.0696. The second kappa shape index (κ2) is 19.3. The Morgan fingerprint density at radius 2 is 1.09 bits per heavy atom. The van der Waals surface area contributed by atoms with E-state index in [9.17, 15) is 9.59 Å². The van der Waals surface area contributed by atoms with Crippen molar-refractivity contribution >= 4 is 11.9 Å². The molecule has 0 atom stereocenters. The molecule has 2 aromatic rings. The predicted octanol–water partition coefficient (Wildman–Crippen LogP) is 6.37. The smallest absolute Gasteiger partial charge is 0.335 e. The van der Waals surface area contributed by atoms with Gasteiger partial charge in [-0.25, -0.2) is 10.6 Å². The van der Waals surface area contributed by atoms with E-state index >= 15 is 0 Å². The zero-order chi connectivity index (χ0) is 25.7. The molecule has 0 fully saturated rings. The average Bonchev–Trinajstić information content (AvgIpc) is 2.88. The number of amides is 1. The highest BCUT2D eigenvalue weighted by Gasteiger charge is 2.03. The summed E-state index contributed by atoms with van der Waals surface area (Å²) >= 11 is 0. The van der Waals surface area contributed by atoms with Crippen molar-refractivity contribution in [2.24, 2.45) is 5.84 Å². The molecule has 0 aliphatic carbocycles. The first kappa shape index (κ1) is 30.0. The maximum absolute atomic E-state index is 11.2. The fraction of sp³-hybridized carbons (Fsp3) is 0.500. The first-order valence-electron chi connectivity index (χ1n) is 12.7. The number of carbonyl (C=O) groups is 2.